The predicted octanol–water partition coefficient (Wildman–Crippen LogP) is -0.362. The lowest BCUT2D eigenvalue weighted by Crippen LogP contribution is -2.34. The minimum absolute atomic E-state index is 0.0280. The molecule has 0 spiro atoms. The van der Waals surface area contributed by atoms with Gasteiger partial charge in [0, 0.05) is 26.1 Å². The quantitative estimate of drug-likeness (QED) is 0.678. The fourth-order valence-corrected chi connectivity index (χ4v) is 3.09. The number of hydrogen-bond acceptors (Lipinski definition) is 6. The minimum atomic E-state index is -3.70. The van der Waals surface area contributed by atoms with Crippen molar-refractivity contribution in [2.75, 3.05) is 33.7 Å². The van der Waals surface area contributed by atoms with Crippen molar-refractivity contribution in [3.63, 3.8) is 0 Å². The second-order valence-electron chi connectivity index (χ2n) is 4.95. The van der Waals surface area contributed by atoms with E-state index in [2.05, 4.69) is 15.2 Å². The van der Waals surface area contributed by atoms with E-state index in [4.69, 9.17) is 4.52 Å². The highest BCUT2D eigenvalue weighted by molar-refractivity contribution is 7.89. The van der Waals surface area contributed by atoms with Crippen LogP contribution < -0.4 is 10.0 Å². The monoisotopic (exact) mass is 318 g/mol. The number of carbonyl (C=O) groups excluding carboxylic acids is 1. The lowest BCUT2D eigenvalue weighted by Gasteiger charge is -2.10. The summed E-state index contributed by atoms with van der Waals surface area (Å²) in [6.45, 7) is 4.38. The lowest BCUT2D eigenvalue weighted by atomic mass is 10.4. The third-order valence-electron chi connectivity index (χ3n) is 2.76. The van der Waals surface area contributed by atoms with Gasteiger partial charge in [-0.1, -0.05) is 5.16 Å². The third kappa shape index (κ3) is 5.44. The van der Waals surface area contributed by atoms with Crippen molar-refractivity contribution in [1.82, 2.24) is 20.1 Å². The first-order valence-corrected chi connectivity index (χ1v) is 8.06. The molecule has 0 fully saturated rings. The van der Waals surface area contributed by atoms with Crippen molar-refractivity contribution in [3.8, 4) is 0 Å². The maximum atomic E-state index is 12.1. The van der Waals surface area contributed by atoms with Crippen LogP contribution in [0.25, 0.3) is 0 Å². The maximum Gasteiger partial charge on any atom is 0.245 e. The molecule has 0 aromatic carbocycles. The van der Waals surface area contributed by atoms with Crippen molar-refractivity contribution < 1.29 is 17.7 Å². The number of carbonyl (C=O) groups is 1. The summed E-state index contributed by atoms with van der Waals surface area (Å²) in [5.74, 6) is 0.0359. The van der Waals surface area contributed by atoms with Gasteiger partial charge in [-0.2, -0.15) is 0 Å². The van der Waals surface area contributed by atoms with Crippen LogP contribution in [0.3, 0.4) is 0 Å². The van der Waals surface area contributed by atoms with Gasteiger partial charge in [0.25, 0.3) is 0 Å². The number of nitrogens with one attached hydrogen (secondary N) is 2. The standard InChI is InChI=1S/C12H22N4O4S/c1-9-12(10(2)20-15-9)21(18,19)14-6-5-11(17)13-7-8-16(3)4/h14H,5-8H2,1-4H3,(H,13,17). The van der Waals surface area contributed by atoms with Gasteiger partial charge in [0.15, 0.2) is 5.76 Å². The first kappa shape index (κ1) is 17.6. The summed E-state index contributed by atoms with van der Waals surface area (Å²) in [6, 6.07) is 0. The summed E-state index contributed by atoms with van der Waals surface area (Å²) in [7, 11) is 0.111. The fourth-order valence-electron chi connectivity index (χ4n) is 1.74. The second-order valence-corrected chi connectivity index (χ2v) is 6.66. The van der Waals surface area contributed by atoms with Gasteiger partial charge < -0.3 is 14.7 Å². The lowest BCUT2D eigenvalue weighted by molar-refractivity contribution is -0.120. The number of sulfonamides is 1. The Balaban J connectivity index is 2.43. The summed E-state index contributed by atoms with van der Waals surface area (Å²) in [5.41, 5.74) is 0.301. The van der Waals surface area contributed by atoms with Crippen LogP contribution in [0.5, 0.6) is 0 Å². The Labute approximate surface area is 124 Å². The summed E-state index contributed by atoms with van der Waals surface area (Å²) in [5, 5.41) is 6.32. The van der Waals surface area contributed by atoms with Gasteiger partial charge in [-0.05, 0) is 27.9 Å². The highest BCUT2D eigenvalue weighted by atomic mass is 32.2. The molecule has 1 aromatic heterocycles. The molecule has 1 aromatic rings. The summed E-state index contributed by atoms with van der Waals surface area (Å²) in [4.78, 5) is 13.5. The van der Waals surface area contributed by atoms with Crippen LogP contribution in [0, 0.1) is 13.8 Å². The van der Waals surface area contributed by atoms with Crippen LogP contribution in [0.2, 0.25) is 0 Å². The molecule has 0 aliphatic heterocycles. The van der Waals surface area contributed by atoms with Crippen molar-refractivity contribution in [2.45, 2.75) is 25.2 Å². The molecular formula is C12H22N4O4S. The van der Waals surface area contributed by atoms with Crippen LogP contribution in [0.15, 0.2) is 9.42 Å². The number of hydrogen-bond donors (Lipinski definition) is 2. The Morgan fingerprint density at radius 2 is 1.95 bits per heavy atom. The van der Waals surface area contributed by atoms with Crippen molar-refractivity contribution in [2.24, 2.45) is 0 Å². The van der Waals surface area contributed by atoms with Gasteiger partial charge >= 0.3 is 0 Å². The summed E-state index contributed by atoms with van der Waals surface area (Å²) >= 11 is 0. The maximum absolute atomic E-state index is 12.1. The molecule has 1 amide bonds. The van der Waals surface area contributed by atoms with Crippen molar-refractivity contribution in [1.29, 1.82) is 0 Å². The van der Waals surface area contributed by atoms with E-state index in [1.807, 2.05) is 19.0 Å². The Morgan fingerprint density at radius 3 is 2.48 bits per heavy atom. The molecule has 2 N–H and O–H groups in total. The highest BCUT2D eigenvalue weighted by Gasteiger charge is 2.23. The number of aromatic nitrogens is 1. The molecule has 8 nitrogen and oxygen atoms in total. The Kier molecular flexibility index (Phi) is 6.31. The van der Waals surface area contributed by atoms with Crippen molar-refractivity contribution in [3.05, 3.63) is 11.5 Å². The van der Waals surface area contributed by atoms with E-state index in [-0.39, 0.29) is 29.5 Å². The summed E-state index contributed by atoms with van der Waals surface area (Å²) < 4.78 is 31.3. The van der Waals surface area contributed by atoms with E-state index in [9.17, 15) is 13.2 Å². The number of aryl methyl sites for hydroxylation is 2. The Bertz CT molecular complexity index is 561. The first-order chi connectivity index (χ1) is 9.74. The fraction of sp³-hybridized carbons (Fsp3) is 0.667. The Morgan fingerprint density at radius 1 is 1.29 bits per heavy atom. The molecule has 0 aliphatic rings. The molecule has 1 heterocycles. The van der Waals surface area contributed by atoms with Crippen LogP contribution in [-0.4, -0.2) is 58.1 Å². The van der Waals surface area contributed by atoms with Gasteiger partial charge in [-0.25, -0.2) is 13.1 Å². The van der Waals surface area contributed by atoms with E-state index in [0.29, 0.717) is 12.2 Å². The van der Waals surface area contributed by atoms with Crippen LogP contribution in [-0.2, 0) is 14.8 Å². The molecule has 0 atom stereocenters. The molecule has 0 aliphatic carbocycles. The molecule has 0 unspecified atom stereocenters. The molecule has 1 rings (SSSR count). The molecule has 21 heavy (non-hydrogen) atoms. The van der Waals surface area contributed by atoms with Crippen LogP contribution in [0.1, 0.15) is 17.9 Å². The third-order valence-corrected chi connectivity index (χ3v) is 4.47. The smallest absolute Gasteiger partial charge is 0.245 e. The van der Waals surface area contributed by atoms with E-state index in [1.54, 1.807) is 6.92 Å². The molecule has 120 valence electrons. The molecular weight excluding hydrogens is 296 g/mol. The zero-order chi connectivity index (χ0) is 16.0. The van der Waals surface area contributed by atoms with E-state index < -0.39 is 10.0 Å². The van der Waals surface area contributed by atoms with Crippen molar-refractivity contribution >= 4 is 15.9 Å². The van der Waals surface area contributed by atoms with Gasteiger partial charge in [0.05, 0.1) is 0 Å². The normalized spacial score (nSPS) is 11.9. The molecule has 0 saturated heterocycles. The second kappa shape index (κ2) is 7.53. The van der Waals surface area contributed by atoms with Crippen LogP contribution >= 0.6 is 0 Å². The first-order valence-electron chi connectivity index (χ1n) is 6.58. The summed E-state index contributed by atoms with van der Waals surface area (Å²) in [6.07, 6.45) is 0.0794. The highest BCUT2D eigenvalue weighted by Crippen LogP contribution is 2.18. The SMILES string of the molecule is Cc1noc(C)c1S(=O)(=O)NCCC(=O)NCCN(C)C. The Hall–Kier alpha value is -1.45. The van der Waals surface area contributed by atoms with Gasteiger partial charge in [-0.3, -0.25) is 4.79 Å². The van der Waals surface area contributed by atoms with E-state index in [1.165, 1.54) is 6.92 Å². The number of likely N-dealkylation sites (N-methyl/N-ethyl adjacent to an activating group) is 1. The molecule has 0 bridgehead atoms. The van der Waals surface area contributed by atoms with E-state index in [0.717, 1.165) is 6.54 Å². The average molecular weight is 318 g/mol. The number of amides is 1. The van der Waals surface area contributed by atoms with Crippen LogP contribution in [0.4, 0.5) is 0 Å². The zero-order valence-electron chi connectivity index (χ0n) is 12.8. The number of nitrogens with zero attached hydrogens (tertiary/aromatic N) is 2. The van der Waals surface area contributed by atoms with Gasteiger partial charge in [0.1, 0.15) is 10.6 Å². The number of rotatable bonds is 8. The minimum Gasteiger partial charge on any atom is -0.360 e. The largest absolute Gasteiger partial charge is 0.360 e. The predicted molar refractivity (Wildman–Crippen MR) is 77.3 cm³/mol. The molecule has 0 saturated carbocycles. The van der Waals surface area contributed by atoms with Gasteiger partial charge in [-0.15, -0.1) is 0 Å². The topological polar surface area (TPSA) is 105 Å². The van der Waals surface area contributed by atoms with Gasteiger partial charge in [0.2, 0.25) is 15.9 Å². The molecule has 9 heteroatoms. The average Bonchev–Trinajstić information content (AvgIpc) is 2.68. The zero-order valence-corrected chi connectivity index (χ0v) is 13.6. The van der Waals surface area contributed by atoms with E-state index >= 15 is 0 Å². The molecule has 0 radical (unpaired) electrons.